The molecule has 228 valence electrons. The summed E-state index contributed by atoms with van der Waals surface area (Å²) < 4.78 is 11.2. The minimum absolute atomic E-state index is 0.0223. The lowest BCUT2D eigenvalue weighted by Gasteiger charge is -2.61. The van der Waals surface area contributed by atoms with Crippen molar-refractivity contribution < 1.29 is 34.1 Å². The Labute approximate surface area is 245 Å². The third-order valence-corrected chi connectivity index (χ3v) is 10.3. The number of hydrogen-bond acceptors (Lipinski definition) is 6. The lowest BCUT2D eigenvalue weighted by molar-refractivity contribution is -0.204. The Balaban J connectivity index is 1.89. The van der Waals surface area contributed by atoms with Crippen molar-refractivity contribution in [3.63, 3.8) is 0 Å². The second-order valence-corrected chi connectivity index (χ2v) is 13.6. The van der Waals surface area contributed by atoms with Crippen LogP contribution in [0.3, 0.4) is 0 Å². The van der Waals surface area contributed by atoms with Gasteiger partial charge >= 0.3 is 11.9 Å². The number of carboxylic acids is 1. The molecule has 0 heterocycles. The third kappa shape index (κ3) is 6.17. The van der Waals surface area contributed by atoms with Crippen molar-refractivity contribution in [1.29, 1.82) is 0 Å². The van der Waals surface area contributed by atoms with Crippen LogP contribution in [0.2, 0.25) is 0 Å². The molecular formula is C34H50O7. The molecule has 0 aromatic carbocycles. The molecule has 3 rings (SSSR count). The monoisotopic (exact) mass is 570 g/mol. The van der Waals surface area contributed by atoms with Crippen molar-refractivity contribution >= 4 is 17.7 Å². The van der Waals surface area contributed by atoms with E-state index in [9.17, 15) is 24.6 Å². The Morgan fingerprint density at radius 3 is 2.29 bits per heavy atom. The molecule has 0 aromatic heterocycles. The Kier molecular flexibility index (Phi) is 9.66. The van der Waals surface area contributed by atoms with Crippen molar-refractivity contribution in [3.8, 4) is 0 Å². The summed E-state index contributed by atoms with van der Waals surface area (Å²) in [7, 11) is 0. The number of ketones is 1. The van der Waals surface area contributed by atoms with Crippen LogP contribution in [0.4, 0.5) is 0 Å². The van der Waals surface area contributed by atoms with Crippen LogP contribution >= 0.6 is 0 Å². The lowest BCUT2D eigenvalue weighted by atomic mass is 9.42. The minimum Gasteiger partial charge on any atom is -0.481 e. The Hall–Kier alpha value is -2.51. The van der Waals surface area contributed by atoms with Gasteiger partial charge in [0.25, 0.3) is 0 Å². The standard InChI is InChI=1S/C34H50O7/c1-10-40-27(31(5,6)39)15-14-21(2)12-11-13-22(3)29-24(36)20-26-32(7)19-17-28(41-23(4)35)34(9,30(37)38)25(32)16-18-33(26,29)8/h11-15,25-28,39H,10,16-20H2,1-9H3,(H,37,38)/b13-11+,15-14+,21-12+,29-22+/t25-,26+,27-,28-,32+,33+,34-/m1/s1. The van der Waals surface area contributed by atoms with Crippen molar-refractivity contribution in [1.82, 2.24) is 0 Å². The maximum atomic E-state index is 13.6. The van der Waals surface area contributed by atoms with E-state index < -0.39 is 35.2 Å². The summed E-state index contributed by atoms with van der Waals surface area (Å²) in [5.74, 6) is -1.43. The van der Waals surface area contributed by atoms with E-state index in [4.69, 9.17) is 9.47 Å². The molecule has 0 unspecified atom stereocenters. The van der Waals surface area contributed by atoms with Crippen molar-refractivity contribution in [2.45, 2.75) is 112 Å². The smallest absolute Gasteiger partial charge is 0.313 e. The second-order valence-electron chi connectivity index (χ2n) is 13.6. The molecule has 3 fully saturated rings. The van der Waals surface area contributed by atoms with Gasteiger partial charge in [-0.3, -0.25) is 14.4 Å². The van der Waals surface area contributed by atoms with E-state index in [1.165, 1.54) is 6.92 Å². The van der Waals surface area contributed by atoms with Crippen LogP contribution in [-0.4, -0.2) is 52.4 Å². The van der Waals surface area contributed by atoms with Crippen molar-refractivity contribution in [3.05, 3.63) is 47.1 Å². The van der Waals surface area contributed by atoms with Gasteiger partial charge in [-0.1, -0.05) is 49.8 Å². The van der Waals surface area contributed by atoms with Gasteiger partial charge in [0.05, 0.1) is 5.60 Å². The number of fused-ring (bicyclic) bond motifs is 3. The van der Waals surface area contributed by atoms with Crippen LogP contribution in [-0.2, 0) is 23.9 Å². The molecule has 0 amide bonds. The van der Waals surface area contributed by atoms with E-state index in [0.717, 1.165) is 23.1 Å². The van der Waals surface area contributed by atoms with Gasteiger partial charge in [0.15, 0.2) is 5.78 Å². The highest BCUT2D eigenvalue weighted by atomic mass is 16.5. The molecule has 0 saturated heterocycles. The van der Waals surface area contributed by atoms with Gasteiger partial charge in [-0.05, 0) is 90.0 Å². The largest absolute Gasteiger partial charge is 0.481 e. The first-order valence-electron chi connectivity index (χ1n) is 14.9. The highest BCUT2D eigenvalue weighted by Gasteiger charge is 2.68. The highest BCUT2D eigenvalue weighted by molar-refractivity contribution is 6.01. The fourth-order valence-electron chi connectivity index (χ4n) is 8.32. The van der Waals surface area contributed by atoms with Gasteiger partial charge in [0.2, 0.25) is 0 Å². The Morgan fingerprint density at radius 2 is 1.73 bits per heavy atom. The second kappa shape index (κ2) is 12.0. The van der Waals surface area contributed by atoms with E-state index >= 15 is 0 Å². The van der Waals surface area contributed by atoms with Crippen LogP contribution in [0.1, 0.15) is 94.4 Å². The topological polar surface area (TPSA) is 110 Å². The van der Waals surface area contributed by atoms with Gasteiger partial charge in [-0.2, -0.15) is 0 Å². The lowest BCUT2D eigenvalue weighted by Crippen LogP contribution is -2.61. The zero-order valence-electron chi connectivity index (χ0n) is 26.4. The molecule has 2 N–H and O–H groups in total. The molecule has 7 nitrogen and oxygen atoms in total. The molecule has 7 heteroatoms. The summed E-state index contributed by atoms with van der Waals surface area (Å²) in [6.45, 7) is 17.2. The molecule has 3 aliphatic rings. The van der Waals surface area contributed by atoms with Gasteiger partial charge in [0, 0.05) is 30.9 Å². The van der Waals surface area contributed by atoms with Gasteiger partial charge in [-0.25, -0.2) is 0 Å². The first kappa shape index (κ1) is 33.0. The number of hydrogen-bond donors (Lipinski definition) is 2. The molecule has 3 aliphatic carbocycles. The molecule has 7 atom stereocenters. The number of esters is 1. The van der Waals surface area contributed by atoms with Crippen LogP contribution in [0.5, 0.6) is 0 Å². The molecule has 0 bridgehead atoms. The van der Waals surface area contributed by atoms with Crippen LogP contribution in [0, 0.1) is 28.1 Å². The first-order chi connectivity index (χ1) is 18.9. The number of allylic oxidation sites excluding steroid dienone is 7. The molecule has 0 radical (unpaired) electrons. The van der Waals surface area contributed by atoms with E-state index in [1.54, 1.807) is 20.8 Å². The minimum atomic E-state index is -1.20. The fourth-order valence-corrected chi connectivity index (χ4v) is 8.32. The summed E-state index contributed by atoms with van der Waals surface area (Å²) in [4.78, 5) is 38.1. The van der Waals surface area contributed by atoms with Gasteiger partial charge in [0.1, 0.15) is 17.6 Å². The zero-order valence-corrected chi connectivity index (χ0v) is 26.4. The summed E-state index contributed by atoms with van der Waals surface area (Å²) in [6, 6.07) is 0. The number of ether oxygens (including phenoxy) is 2. The summed E-state index contributed by atoms with van der Waals surface area (Å²) >= 11 is 0. The zero-order chi connectivity index (χ0) is 31.0. The van der Waals surface area contributed by atoms with Crippen molar-refractivity contribution in [2.75, 3.05) is 6.61 Å². The van der Waals surface area contributed by atoms with E-state index in [1.807, 2.05) is 51.2 Å². The predicted molar refractivity (Wildman–Crippen MR) is 159 cm³/mol. The van der Waals surface area contributed by atoms with Crippen LogP contribution < -0.4 is 0 Å². The van der Waals surface area contributed by atoms with Gasteiger partial charge in [-0.15, -0.1) is 0 Å². The Morgan fingerprint density at radius 1 is 1.07 bits per heavy atom. The van der Waals surface area contributed by atoms with Crippen LogP contribution in [0.15, 0.2) is 47.1 Å². The average Bonchev–Trinajstić information content (AvgIpc) is 3.13. The average molecular weight is 571 g/mol. The summed E-state index contributed by atoms with van der Waals surface area (Å²) in [5.41, 5.74) is -0.119. The molecule has 0 aliphatic heterocycles. The molecule has 41 heavy (non-hydrogen) atoms. The predicted octanol–water partition coefficient (Wildman–Crippen LogP) is 6.37. The molecular weight excluding hydrogens is 520 g/mol. The van der Waals surface area contributed by atoms with Gasteiger partial charge < -0.3 is 19.7 Å². The first-order valence-corrected chi connectivity index (χ1v) is 14.9. The number of carboxylic acid groups (broad SMARTS) is 1. The quantitative estimate of drug-likeness (QED) is 0.188. The summed E-state index contributed by atoms with van der Waals surface area (Å²) in [5, 5.41) is 20.7. The number of carbonyl (C=O) groups excluding carboxylic acids is 2. The number of aliphatic carboxylic acids is 1. The number of aliphatic hydroxyl groups is 1. The Bertz CT molecular complexity index is 1170. The fraction of sp³-hybridized carbons (Fsp3) is 0.676. The van der Waals surface area contributed by atoms with E-state index in [0.29, 0.717) is 32.3 Å². The number of Topliss-reactive ketones (excluding diaryl/α,β-unsaturated/α-hetero) is 1. The maximum absolute atomic E-state index is 13.6. The van der Waals surface area contributed by atoms with E-state index in [-0.39, 0.29) is 28.4 Å². The molecule has 0 spiro atoms. The highest BCUT2D eigenvalue weighted by Crippen LogP contribution is 2.69. The number of carbonyl (C=O) groups is 3. The SMILES string of the molecule is CCO[C@H](/C=C/C(C)=C/C=C/C(C)=C1\C(=O)C[C@H]2[C@@]3(C)CC[C@@H](OC(C)=O)[C@](C)(C(=O)O)[C@@H]3CC[C@]12C)C(C)(C)O. The van der Waals surface area contributed by atoms with Crippen LogP contribution in [0.25, 0.3) is 0 Å². The maximum Gasteiger partial charge on any atom is 0.313 e. The van der Waals surface area contributed by atoms with E-state index in [2.05, 4.69) is 13.8 Å². The number of rotatable bonds is 9. The summed E-state index contributed by atoms with van der Waals surface area (Å²) in [6.07, 6.45) is 11.6. The molecule has 0 aromatic rings. The third-order valence-electron chi connectivity index (χ3n) is 10.3. The van der Waals surface area contributed by atoms with Crippen molar-refractivity contribution in [2.24, 2.45) is 28.1 Å². The molecule has 3 saturated carbocycles. The normalized spacial score (nSPS) is 36.3.